The molecule has 0 fully saturated rings. The molecule has 0 radical (unpaired) electrons. The van der Waals surface area contributed by atoms with E-state index in [0.717, 1.165) is 31.9 Å². The highest BCUT2D eigenvalue weighted by Crippen LogP contribution is 2.32. The van der Waals surface area contributed by atoms with Gasteiger partial charge in [0.1, 0.15) is 5.75 Å². The molecule has 2 N–H and O–H groups in total. The van der Waals surface area contributed by atoms with E-state index in [9.17, 15) is 0 Å². The van der Waals surface area contributed by atoms with Gasteiger partial charge in [0.2, 0.25) is 0 Å². The minimum Gasteiger partial charge on any atom is -0.491 e. The predicted octanol–water partition coefficient (Wildman–Crippen LogP) is 3.57. The van der Waals surface area contributed by atoms with E-state index < -0.39 is 0 Å². The molecule has 0 amide bonds. The Kier molecular flexibility index (Phi) is 6.19. The Balaban J connectivity index is 2.04. The Hall–Kier alpha value is -1.22. The Bertz CT molecular complexity index is 394. The molecule has 3 nitrogen and oxygen atoms in total. The molecule has 0 bridgehead atoms. The van der Waals surface area contributed by atoms with Crippen LogP contribution in [0.25, 0.3) is 0 Å². The summed E-state index contributed by atoms with van der Waals surface area (Å²) in [6.07, 6.45) is 7.46. The molecule has 0 aliphatic carbocycles. The fourth-order valence-corrected chi connectivity index (χ4v) is 2.94. The molecule has 1 unspecified atom stereocenters. The van der Waals surface area contributed by atoms with E-state index >= 15 is 0 Å². The minimum atomic E-state index is 0.440. The van der Waals surface area contributed by atoms with Gasteiger partial charge in [0.25, 0.3) is 0 Å². The zero-order valence-corrected chi connectivity index (χ0v) is 12.7. The monoisotopic (exact) mass is 276 g/mol. The smallest absolute Gasteiger partial charge is 0.142 e. The summed E-state index contributed by atoms with van der Waals surface area (Å²) < 4.78 is 5.83. The average molecular weight is 276 g/mol. The first-order valence-electron chi connectivity index (χ1n) is 8.05. The number of ether oxygens (including phenoxy) is 1. The molecule has 2 rings (SSSR count). The van der Waals surface area contributed by atoms with Crippen LogP contribution >= 0.6 is 0 Å². The molecule has 1 aliphatic heterocycles. The molecule has 3 heteroatoms. The number of rotatable bonds is 7. The standard InChI is InChI=1S/C17H28N2O/c1-2-3-4-5-9-15(14-18)19-12-8-13-20-17-11-7-6-10-16(17)19/h6-7,10-11,15H,2-5,8-9,12-14,18H2,1H3. The summed E-state index contributed by atoms with van der Waals surface area (Å²) in [6, 6.07) is 8.80. The summed E-state index contributed by atoms with van der Waals surface area (Å²) in [4.78, 5) is 2.47. The maximum atomic E-state index is 6.04. The third kappa shape index (κ3) is 3.89. The zero-order chi connectivity index (χ0) is 14.2. The number of benzene rings is 1. The van der Waals surface area contributed by atoms with Gasteiger partial charge in [-0.2, -0.15) is 0 Å². The van der Waals surface area contributed by atoms with E-state index in [2.05, 4.69) is 30.0 Å². The van der Waals surface area contributed by atoms with Crippen LogP contribution in [0.2, 0.25) is 0 Å². The normalized spacial score (nSPS) is 16.2. The van der Waals surface area contributed by atoms with Gasteiger partial charge < -0.3 is 15.4 Å². The van der Waals surface area contributed by atoms with Crippen molar-refractivity contribution in [2.75, 3.05) is 24.6 Å². The first-order valence-corrected chi connectivity index (χ1v) is 8.05. The molecule has 20 heavy (non-hydrogen) atoms. The molecule has 1 aromatic carbocycles. The second kappa shape index (κ2) is 8.15. The number of nitrogens with zero attached hydrogens (tertiary/aromatic N) is 1. The number of hydrogen-bond donors (Lipinski definition) is 1. The molecule has 1 heterocycles. The third-order valence-electron chi connectivity index (χ3n) is 4.08. The first-order chi connectivity index (χ1) is 9.86. The van der Waals surface area contributed by atoms with E-state index in [1.165, 1.54) is 37.8 Å². The molecule has 1 aliphatic rings. The first kappa shape index (κ1) is 15.2. The number of hydrogen-bond acceptors (Lipinski definition) is 3. The van der Waals surface area contributed by atoms with E-state index in [1.54, 1.807) is 0 Å². The number of nitrogens with two attached hydrogens (primary N) is 1. The number of para-hydroxylation sites is 2. The van der Waals surface area contributed by atoms with E-state index in [0.29, 0.717) is 6.04 Å². The quantitative estimate of drug-likeness (QED) is 0.774. The van der Waals surface area contributed by atoms with Crippen molar-refractivity contribution in [1.82, 2.24) is 0 Å². The molecule has 1 aromatic rings. The Morgan fingerprint density at radius 1 is 1.25 bits per heavy atom. The van der Waals surface area contributed by atoms with E-state index in [4.69, 9.17) is 10.5 Å². The van der Waals surface area contributed by atoms with Crippen molar-refractivity contribution in [3.63, 3.8) is 0 Å². The van der Waals surface area contributed by atoms with Crippen LogP contribution < -0.4 is 15.4 Å². The zero-order valence-electron chi connectivity index (χ0n) is 12.7. The largest absolute Gasteiger partial charge is 0.491 e. The SMILES string of the molecule is CCCCCCC(CN)N1CCCOc2ccccc21. The fraction of sp³-hybridized carbons (Fsp3) is 0.647. The minimum absolute atomic E-state index is 0.440. The maximum absolute atomic E-state index is 6.04. The third-order valence-corrected chi connectivity index (χ3v) is 4.08. The van der Waals surface area contributed by atoms with Gasteiger partial charge in [-0.15, -0.1) is 0 Å². The number of fused-ring (bicyclic) bond motifs is 1. The molecule has 112 valence electrons. The molecular formula is C17H28N2O. The second-order valence-electron chi connectivity index (χ2n) is 5.60. The lowest BCUT2D eigenvalue weighted by Gasteiger charge is -2.32. The van der Waals surface area contributed by atoms with Crippen molar-refractivity contribution in [1.29, 1.82) is 0 Å². The highest BCUT2D eigenvalue weighted by atomic mass is 16.5. The van der Waals surface area contributed by atoms with Crippen molar-refractivity contribution in [3.8, 4) is 5.75 Å². The number of anilines is 1. The van der Waals surface area contributed by atoms with Gasteiger partial charge in [0.05, 0.1) is 12.3 Å². The Morgan fingerprint density at radius 2 is 2.10 bits per heavy atom. The van der Waals surface area contributed by atoms with Crippen LogP contribution in [-0.4, -0.2) is 25.7 Å². The van der Waals surface area contributed by atoms with Gasteiger partial charge in [-0.05, 0) is 25.0 Å². The number of unbranched alkanes of at least 4 members (excludes halogenated alkanes) is 3. The van der Waals surface area contributed by atoms with Gasteiger partial charge in [-0.1, -0.05) is 44.7 Å². The van der Waals surface area contributed by atoms with Crippen LogP contribution in [0.15, 0.2) is 24.3 Å². The summed E-state index contributed by atoms with van der Waals surface area (Å²) in [6.45, 7) is 4.83. The van der Waals surface area contributed by atoms with Crippen LogP contribution in [0.1, 0.15) is 45.4 Å². The van der Waals surface area contributed by atoms with Crippen LogP contribution in [-0.2, 0) is 0 Å². The molecule has 0 spiro atoms. The molecule has 1 atom stereocenters. The van der Waals surface area contributed by atoms with Gasteiger partial charge in [0, 0.05) is 19.1 Å². The van der Waals surface area contributed by atoms with Crippen molar-refractivity contribution in [2.24, 2.45) is 5.73 Å². The lowest BCUT2D eigenvalue weighted by Crippen LogP contribution is -2.41. The molecule has 0 aromatic heterocycles. The summed E-state index contributed by atoms with van der Waals surface area (Å²) >= 11 is 0. The summed E-state index contributed by atoms with van der Waals surface area (Å²) in [5.41, 5.74) is 7.26. The summed E-state index contributed by atoms with van der Waals surface area (Å²) in [7, 11) is 0. The summed E-state index contributed by atoms with van der Waals surface area (Å²) in [5, 5.41) is 0. The van der Waals surface area contributed by atoms with Crippen LogP contribution in [0.4, 0.5) is 5.69 Å². The van der Waals surface area contributed by atoms with Crippen LogP contribution in [0.3, 0.4) is 0 Å². The van der Waals surface area contributed by atoms with Crippen molar-refractivity contribution in [2.45, 2.75) is 51.5 Å². The van der Waals surface area contributed by atoms with Gasteiger partial charge in [-0.3, -0.25) is 0 Å². The molecule has 0 saturated heterocycles. The van der Waals surface area contributed by atoms with E-state index in [1.807, 2.05) is 6.07 Å². The second-order valence-corrected chi connectivity index (χ2v) is 5.60. The highest BCUT2D eigenvalue weighted by molar-refractivity contribution is 5.59. The van der Waals surface area contributed by atoms with Crippen molar-refractivity contribution in [3.05, 3.63) is 24.3 Å². The van der Waals surface area contributed by atoms with Crippen LogP contribution in [0.5, 0.6) is 5.75 Å². The molecule has 0 saturated carbocycles. The topological polar surface area (TPSA) is 38.5 Å². The average Bonchev–Trinajstić information content (AvgIpc) is 2.70. The van der Waals surface area contributed by atoms with Gasteiger partial charge in [0.15, 0.2) is 0 Å². The summed E-state index contributed by atoms with van der Waals surface area (Å²) in [5.74, 6) is 1.01. The molecular weight excluding hydrogens is 248 g/mol. The fourth-order valence-electron chi connectivity index (χ4n) is 2.94. The van der Waals surface area contributed by atoms with Gasteiger partial charge in [-0.25, -0.2) is 0 Å². The van der Waals surface area contributed by atoms with Crippen molar-refractivity contribution < 1.29 is 4.74 Å². The Labute approximate surface area is 123 Å². The van der Waals surface area contributed by atoms with Gasteiger partial charge >= 0.3 is 0 Å². The van der Waals surface area contributed by atoms with Crippen molar-refractivity contribution >= 4 is 5.69 Å². The van der Waals surface area contributed by atoms with E-state index in [-0.39, 0.29) is 0 Å². The van der Waals surface area contributed by atoms with Crippen LogP contribution in [0, 0.1) is 0 Å². The predicted molar refractivity (Wildman–Crippen MR) is 85.5 cm³/mol. The highest BCUT2D eigenvalue weighted by Gasteiger charge is 2.22. The lowest BCUT2D eigenvalue weighted by molar-refractivity contribution is 0.322. The lowest BCUT2D eigenvalue weighted by atomic mass is 10.0. The Morgan fingerprint density at radius 3 is 2.90 bits per heavy atom. The maximum Gasteiger partial charge on any atom is 0.142 e.